The summed E-state index contributed by atoms with van der Waals surface area (Å²) in [6, 6.07) is 16.8. The van der Waals surface area contributed by atoms with E-state index in [-0.39, 0.29) is 17.1 Å². The van der Waals surface area contributed by atoms with Crippen LogP contribution in [0.2, 0.25) is 0 Å². The molecule has 1 aromatic heterocycles. The zero-order valence-electron chi connectivity index (χ0n) is 15.9. The van der Waals surface area contributed by atoms with Gasteiger partial charge >= 0.3 is 0 Å². The topological polar surface area (TPSA) is 76.1 Å². The summed E-state index contributed by atoms with van der Waals surface area (Å²) in [6.45, 7) is 7.97. The Kier molecular flexibility index (Phi) is 5.00. The van der Waals surface area contributed by atoms with Crippen molar-refractivity contribution in [2.45, 2.75) is 45.1 Å². The first-order valence-electron chi connectivity index (χ1n) is 8.85. The molecular formula is C22H22N2O3. The van der Waals surface area contributed by atoms with Crippen LogP contribution in [0.5, 0.6) is 5.75 Å². The largest absolute Gasteiger partial charge is 0.483 e. The summed E-state index contributed by atoms with van der Waals surface area (Å²) in [6.07, 6.45) is -0.806. The minimum Gasteiger partial charge on any atom is -0.483 e. The number of hydrogen-bond donors (Lipinski definition) is 0. The molecule has 0 aliphatic heterocycles. The summed E-state index contributed by atoms with van der Waals surface area (Å²) in [5, 5.41) is 9.51. The van der Waals surface area contributed by atoms with Crippen molar-refractivity contribution in [1.29, 1.82) is 5.26 Å². The Balaban J connectivity index is 1.80. The number of nitrogens with zero attached hydrogens (tertiary/aromatic N) is 2. The molecule has 0 fully saturated rings. The second-order valence-electron chi connectivity index (χ2n) is 7.52. The molecule has 3 rings (SSSR count). The highest BCUT2D eigenvalue weighted by molar-refractivity contribution is 5.91. The Hall–Kier alpha value is -3.13. The lowest BCUT2D eigenvalue weighted by molar-refractivity contribution is -0.125. The van der Waals surface area contributed by atoms with E-state index in [1.165, 1.54) is 0 Å². The van der Waals surface area contributed by atoms with Crippen LogP contribution in [0.3, 0.4) is 0 Å². The zero-order chi connectivity index (χ0) is 19.6. The molecular weight excluding hydrogens is 340 g/mol. The van der Waals surface area contributed by atoms with Crippen molar-refractivity contribution in [2.24, 2.45) is 0 Å². The van der Waals surface area contributed by atoms with Gasteiger partial charge in [0.15, 0.2) is 23.4 Å². The first kappa shape index (κ1) is 18.7. The Labute approximate surface area is 158 Å². The highest BCUT2D eigenvalue weighted by atomic mass is 16.5. The van der Waals surface area contributed by atoms with Gasteiger partial charge < -0.3 is 9.15 Å². The van der Waals surface area contributed by atoms with Gasteiger partial charge in [0.2, 0.25) is 5.89 Å². The summed E-state index contributed by atoms with van der Waals surface area (Å²) < 4.78 is 11.4. The standard InChI is InChI=1S/C22H22N2O3/c1-14(26-16-9-7-8-15(12-16)22(2,3)4)20(25)17(13-23)21-24-18-10-5-6-11-19(18)27-21/h5-12,14,17H,1-4H3/t14-,17+/m1/s1. The van der Waals surface area contributed by atoms with Gasteiger partial charge in [-0.15, -0.1) is 0 Å². The van der Waals surface area contributed by atoms with Gasteiger partial charge in [-0.1, -0.05) is 45.0 Å². The summed E-state index contributed by atoms with van der Waals surface area (Å²) in [5.41, 5.74) is 2.24. The number of fused-ring (bicyclic) bond motifs is 1. The molecule has 0 saturated carbocycles. The van der Waals surface area contributed by atoms with Crippen molar-refractivity contribution >= 4 is 16.9 Å². The number of ether oxygens (including phenoxy) is 1. The third-order valence-corrected chi connectivity index (χ3v) is 4.38. The molecule has 0 bridgehead atoms. The monoisotopic (exact) mass is 362 g/mol. The molecule has 2 atom stereocenters. The van der Waals surface area contributed by atoms with E-state index in [1.54, 1.807) is 25.1 Å². The molecule has 0 aliphatic carbocycles. The van der Waals surface area contributed by atoms with E-state index < -0.39 is 12.0 Å². The van der Waals surface area contributed by atoms with Gasteiger partial charge in [0.05, 0.1) is 6.07 Å². The Morgan fingerprint density at radius 1 is 1.19 bits per heavy atom. The number of ketones is 1. The first-order chi connectivity index (χ1) is 12.8. The van der Waals surface area contributed by atoms with Crippen molar-refractivity contribution in [2.75, 3.05) is 0 Å². The van der Waals surface area contributed by atoms with E-state index in [0.29, 0.717) is 16.8 Å². The van der Waals surface area contributed by atoms with Crippen molar-refractivity contribution in [3.8, 4) is 11.8 Å². The quantitative estimate of drug-likeness (QED) is 0.653. The second-order valence-corrected chi connectivity index (χ2v) is 7.52. The van der Waals surface area contributed by atoms with E-state index in [9.17, 15) is 10.1 Å². The highest BCUT2D eigenvalue weighted by Gasteiger charge is 2.31. The van der Waals surface area contributed by atoms with Gasteiger partial charge in [0.25, 0.3) is 0 Å². The SMILES string of the molecule is C[C@@H](Oc1cccc(C(C)(C)C)c1)C(=O)[C@H](C#N)c1nc2ccccc2o1. The summed E-state index contributed by atoms with van der Waals surface area (Å²) in [4.78, 5) is 17.1. The fourth-order valence-electron chi connectivity index (χ4n) is 2.79. The predicted octanol–water partition coefficient (Wildman–Crippen LogP) is 4.77. The van der Waals surface area contributed by atoms with Crippen LogP contribution in [-0.4, -0.2) is 16.9 Å². The number of carbonyl (C=O) groups is 1. The zero-order valence-corrected chi connectivity index (χ0v) is 15.9. The van der Waals surface area contributed by atoms with E-state index in [0.717, 1.165) is 5.56 Å². The lowest BCUT2D eigenvalue weighted by atomic mass is 9.87. The van der Waals surface area contributed by atoms with Crippen LogP contribution >= 0.6 is 0 Å². The molecule has 1 heterocycles. The third-order valence-electron chi connectivity index (χ3n) is 4.38. The molecule has 5 heteroatoms. The molecule has 0 radical (unpaired) electrons. The van der Waals surface area contributed by atoms with E-state index in [4.69, 9.17) is 9.15 Å². The normalized spacial score (nSPS) is 13.7. The second kappa shape index (κ2) is 7.24. The Morgan fingerprint density at radius 3 is 2.59 bits per heavy atom. The molecule has 0 N–H and O–H groups in total. The van der Waals surface area contributed by atoms with Gasteiger partial charge in [-0.05, 0) is 42.2 Å². The predicted molar refractivity (Wildman–Crippen MR) is 103 cm³/mol. The van der Waals surface area contributed by atoms with Crippen LogP contribution in [0, 0.1) is 11.3 Å². The number of para-hydroxylation sites is 2. The lowest BCUT2D eigenvalue weighted by Crippen LogP contribution is -2.29. The third kappa shape index (κ3) is 4.01. The number of rotatable bonds is 5. The molecule has 5 nitrogen and oxygen atoms in total. The smallest absolute Gasteiger partial charge is 0.220 e. The number of hydrogen-bond acceptors (Lipinski definition) is 5. The maximum atomic E-state index is 12.8. The minimum atomic E-state index is -1.11. The number of aromatic nitrogens is 1. The molecule has 0 aliphatic rings. The van der Waals surface area contributed by atoms with Gasteiger partial charge in [-0.2, -0.15) is 5.26 Å². The van der Waals surface area contributed by atoms with Gasteiger partial charge in [0, 0.05) is 0 Å². The number of oxazole rings is 1. The van der Waals surface area contributed by atoms with Crippen LogP contribution in [0.25, 0.3) is 11.1 Å². The average Bonchev–Trinajstić information content (AvgIpc) is 3.05. The maximum Gasteiger partial charge on any atom is 0.220 e. The molecule has 27 heavy (non-hydrogen) atoms. The number of nitriles is 1. The molecule has 0 spiro atoms. The van der Waals surface area contributed by atoms with Crippen LogP contribution in [0.15, 0.2) is 52.9 Å². The lowest BCUT2D eigenvalue weighted by Gasteiger charge is -2.21. The molecule has 3 aromatic rings. The summed E-state index contributed by atoms with van der Waals surface area (Å²) in [5.74, 6) is -0.802. The van der Waals surface area contributed by atoms with Crippen LogP contribution < -0.4 is 4.74 Å². The van der Waals surface area contributed by atoms with Gasteiger partial charge in [-0.25, -0.2) is 4.98 Å². The average molecular weight is 362 g/mol. The van der Waals surface area contributed by atoms with E-state index in [1.807, 2.05) is 36.4 Å². The van der Waals surface area contributed by atoms with Gasteiger partial charge in [0.1, 0.15) is 11.3 Å². The van der Waals surface area contributed by atoms with Crippen LogP contribution in [0.4, 0.5) is 0 Å². The van der Waals surface area contributed by atoms with Crippen molar-refractivity contribution < 1.29 is 13.9 Å². The van der Waals surface area contributed by atoms with Crippen molar-refractivity contribution in [3.05, 3.63) is 60.0 Å². The fraction of sp³-hybridized carbons (Fsp3) is 0.318. The fourth-order valence-corrected chi connectivity index (χ4v) is 2.79. The molecule has 138 valence electrons. The van der Waals surface area contributed by atoms with Gasteiger partial charge in [-0.3, -0.25) is 4.79 Å². The summed E-state index contributed by atoms with van der Waals surface area (Å²) >= 11 is 0. The van der Waals surface area contributed by atoms with Crippen molar-refractivity contribution in [3.63, 3.8) is 0 Å². The van der Waals surface area contributed by atoms with Crippen LogP contribution in [-0.2, 0) is 10.2 Å². The van der Waals surface area contributed by atoms with E-state index in [2.05, 4.69) is 25.8 Å². The minimum absolute atomic E-state index is 0.0278. The number of Topliss-reactive ketones (excluding diaryl/α,β-unsaturated/α-hetero) is 1. The number of benzene rings is 2. The van der Waals surface area contributed by atoms with E-state index >= 15 is 0 Å². The molecule has 2 aromatic carbocycles. The van der Waals surface area contributed by atoms with Crippen molar-refractivity contribution in [1.82, 2.24) is 4.98 Å². The highest BCUT2D eigenvalue weighted by Crippen LogP contribution is 2.27. The first-order valence-corrected chi connectivity index (χ1v) is 8.85. The molecule has 0 saturated heterocycles. The Bertz CT molecular complexity index is 975. The number of carbonyl (C=O) groups excluding carboxylic acids is 1. The molecule has 0 unspecified atom stereocenters. The Morgan fingerprint density at radius 2 is 1.93 bits per heavy atom. The molecule has 0 amide bonds. The maximum absolute atomic E-state index is 12.8. The summed E-state index contributed by atoms with van der Waals surface area (Å²) in [7, 11) is 0. The van der Waals surface area contributed by atoms with Crippen LogP contribution in [0.1, 0.15) is 45.1 Å².